The fraction of sp³-hybridized carbons (Fsp3) is 0.344. The van der Waals surface area contributed by atoms with Crippen LogP contribution in [0.5, 0.6) is 17.2 Å². The van der Waals surface area contributed by atoms with E-state index < -0.39 is 0 Å². The Labute approximate surface area is 240 Å². The van der Waals surface area contributed by atoms with Crippen molar-refractivity contribution >= 4 is 28.7 Å². The number of aryl methyl sites for hydroxylation is 1. The maximum atomic E-state index is 13.8. The smallest absolute Gasteiger partial charge is 0.282 e. The van der Waals surface area contributed by atoms with Gasteiger partial charge in [0.25, 0.3) is 5.56 Å². The van der Waals surface area contributed by atoms with Gasteiger partial charge in [-0.25, -0.2) is 4.98 Å². The van der Waals surface area contributed by atoms with Crippen LogP contribution in [0.4, 0.5) is 0 Å². The van der Waals surface area contributed by atoms with Crippen molar-refractivity contribution in [2.24, 2.45) is 5.10 Å². The number of methoxy groups -OCH3 is 1. The number of fused-ring (bicyclic) bond motifs is 1. The molecule has 0 bridgehead atoms. The number of para-hydroxylation sites is 1. The summed E-state index contributed by atoms with van der Waals surface area (Å²) in [6, 6.07) is 14.8. The molecule has 0 aliphatic rings. The summed E-state index contributed by atoms with van der Waals surface area (Å²) in [6.07, 6.45) is 2.39. The first-order valence-electron chi connectivity index (χ1n) is 13.6. The van der Waals surface area contributed by atoms with Gasteiger partial charge in [-0.05, 0) is 86.2 Å². The average molecular weight is 562 g/mol. The summed E-state index contributed by atoms with van der Waals surface area (Å²) in [5, 5.41) is 5.52. The minimum atomic E-state index is -0.272. The highest BCUT2D eigenvalue weighted by Gasteiger charge is 2.19. The molecule has 1 heterocycles. The summed E-state index contributed by atoms with van der Waals surface area (Å²) in [7, 11) is 1.66. The lowest BCUT2D eigenvalue weighted by Crippen LogP contribution is -2.21. The van der Waals surface area contributed by atoms with Crippen LogP contribution in [0.25, 0.3) is 22.3 Å². The lowest BCUT2D eigenvalue weighted by molar-refractivity contribution is 0.203. The third-order valence-electron chi connectivity index (χ3n) is 6.74. The molecule has 0 N–H and O–H groups in total. The van der Waals surface area contributed by atoms with E-state index in [0.29, 0.717) is 45.4 Å². The molecule has 0 amide bonds. The highest BCUT2D eigenvalue weighted by atomic mass is 35.5. The highest BCUT2D eigenvalue weighted by Crippen LogP contribution is 2.38. The molecular weight excluding hydrogens is 526 g/mol. The zero-order chi connectivity index (χ0) is 29.0. The summed E-state index contributed by atoms with van der Waals surface area (Å²) < 4.78 is 18.8. The molecule has 0 saturated heterocycles. The molecular formula is C32H36ClN3O4. The van der Waals surface area contributed by atoms with Gasteiger partial charge in [-0.15, -0.1) is 0 Å². The molecule has 3 aromatic carbocycles. The zero-order valence-corrected chi connectivity index (χ0v) is 24.9. The maximum Gasteiger partial charge on any atom is 0.282 e. The number of ether oxygens (including phenoxy) is 3. The number of nitrogens with zero attached hydrogens (tertiary/aromatic N) is 3. The number of benzene rings is 3. The minimum Gasteiger partial charge on any atom is -0.496 e. The Balaban J connectivity index is 1.91. The standard InChI is InChI=1S/C32H36ClN3O4/c1-8-21(6)40-30-26(33)15-22(16-29(30)39-9-2)18-34-36-31(35-27-13-11-10-12-23(27)32(36)37)25-17-24(19(3)4)28(38-7)14-20(25)5/h10-19,21H,8-9H2,1-7H3/t21-/m1/s1. The first kappa shape index (κ1) is 29.2. The van der Waals surface area contributed by atoms with E-state index in [9.17, 15) is 4.79 Å². The van der Waals surface area contributed by atoms with E-state index >= 15 is 0 Å². The number of rotatable bonds is 10. The van der Waals surface area contributed by atoms with E-state index in [0.717, 1.165) is 28.9 Å². The molecule has 1 aromatic heterocycles. The van der Waals surface area contributed by atoms with Gasteiger partial charge in [0.2, 0.25) is 0 Å². The molecule has 0 fully saturated rings. The zero-order valence-electron chi connectivity index (χ0n) is 24.1. The molecule has 0 aliphatic carbocycles. The van der Waals surface area contributed by atoms with Gasteiger partial charge in [-0.3, -0.25) is 4.79 Å². The van der Waals surface area contributed by atoms with Crippen LogP contribution in [0.15, 0.2) is 58.4 Å². The topological polar surface area (TPSA) is 74.9 Å². The van der Waals surface area contributed by atoms with Crippen molar-refractivity contribution in [3.63, 3.8) is 0 Å². The van der Waals surface area contributed by atoms with Crippen molar-refractivity contribution in [1.82, 2.24) is 9.66 Å². The Morgan fingerprint density at radius 1 is 1.07 bits per heavy atom. The van der Waals surface area contributed by atoms with Crippen molar-refractivity contribution in [2.45, 2.75) is 60.0 Å². The summed E-state index contributed by atoms with van der Waals surface area (Å²) in [4.78, 5) is 18.6. The van der Waals surface area contributed by atoms with Gasteiger partial charge in [-0.2, -0.15) is 9.78 Å². The van der Waals surface area contributed by atoms with Gasteiger partial charge in [0.05, 0.1) is 42.0 Å². The summed E-state index contributed by atoms with van der Waals surface area (Å²) >= 11 is 6.63. The number of aromatic nitrogens is 2. The van der Waals surface area contributed by atoms with E-state index in [1.165, 1.54) is 4.68 Å². The van der Waals surface area contributed by atoms with Crippen LogP contribution in [-0.2, 0) is 0 Å². The van der Waals surface area contributed by atoms with E-state index in [4.69, 9.17) is 30.8 Å². The largest absolute Gasteiger partial charge is 0.496 e. The van der Waals surface area contributed by atoms with Gasteiger partial charge in [0.1, 0.15) is 5.75 Å². The first-order chi connectivity index (χ1) is 19.2. The molecule has 1 atom stereocenters. The second-order valence-electron chi connectivity index (χ2n) is 9.98. The molecule has 0 radical (unpaired) electrons. The predicted molar refractivity (Wildman–Crippen MR) is 163 cm³/mol. The minimum absolute atomic E-state index is 0.0236. The van der Waals surface area contributed by atoms with Crippen LogP contribution in [0.1, 0.15) is 63.6 Å². The van der Waals surface area contributed by atoms with Crippen LogP contribution in [0.3, 0.4) is 0 Å². The highest BCUT2D eigenvalue weighted by molar-refractivity contribution is 6.32. The van der Waals surface area contributed by atoms with Crippen LogP contribution >= 0.6 is 11.6 Å². The molecule has 40 heavy (non-hydrogen) atoms. The van der Waals surface area contributed by atoms with E-state index in [1.54, 1.807) is 25.5 Å². The average Bonchev–Trinajstić information content (AvgIpc) is 2.94. The van der Waals surface area contributed by atoms with Gasteiger partial charge < -0.3 is 14.2 Å². The molecule has 0 aliphatic heterocycles. The molecule has 8 heteroatoms. The third-order valence-corrected chi connectivity index (χ3v) is 7.02. The monoisotopic (exact) mass is 561 g/mol. The molecule has 0 saturated carbocycles. The maximum absolute atomic E-state index is 13.8. The van der Waals surface area contributed by atoms with E-state index in [2.05, 4.69) is 18.9 Å². The fourth-order valence-corrected chi connectivity index (χ4v) is 4.68. The Kier molecular flexibility index (Phi) is 9.15. The van der Waals surface area contributed by atoms with Crippen LogP contribution in [0, 0.1) is 6.92 Å². The Bertz CT molecular complexity index is 1610. The van der Waals surface area contributed by atoms with E-state index in [-0.39, 0.29) is 17.6 Å². The van der Waals surface area contributed by atoms with Gasteiger partial charge in [0, 0.05) is 5.56 Å². The molecule has 210 valence electrons. The molecule has 4 aromatic rings. The van der Waals surface area contributed by atoms with Crippen molar-refractivity contribution < 1.29 is 14.2 Å². The molecule has 0 spiro atoms. The summed E-state index contributed by atoms with van der Waals surface area (Å²) in [5.74, 6) is 2.46. The first-order valence-corrected chi connectivity index (χ1v) is 13.9. The number of hydrogen-bond acceptors (Lipinski definition) is 6. The van der Waals surface area contributed by atoms with Gasteiger partial charge in [-0.1, -0.05) is 44.5 Å². The third kappa shape index (κ3) is 5.99. The van der Waals surface area contributed by atoms with Gasteiger partial charge in [0.15, 0.2) is 17.3 Å². The van der Waals surface area contributed by atoms with Crippen molar-refractivity contribution in [1.29, 1.82) is 0 Å². The van der Waals surface area contributed by atoms with Crippen LogP contribution < -0.4 is 19.8 Å². The Morgan fingerprint density at radius 2 is 1.82 bits per heavy atom. The van der Waals surface area contributed by atoms with Crippen molar-refractivity contribution in [3.8, 4) is 28.6 Å². The Hall–Kier alpha value is -3.84. The fourth-order valence-electron chi connectivity index (χ4n) is 4.42. The van der Waals surface area contributed by atoms with Crippen molar-refractivity contribution in [2.75, 3.05) is 13.7 Å². The van der Waals surface area contributed by atoms with Gasteiger partial charge >= 0.3 is 0 Å². The van der Waals surface area contributed by atoms with Crippen LogP contribution in [-0.4, -0.2) is 35.7 Å². The molecule has 4 rings (SSSR count). The summed E-state index contributed by atoms with van der Waals surface area (Å²) in [6.45, 7) is 12.5. The Morgan fingerprint density at radius 3 is 2.50 bits per heavy atom. The van der Waals surface area contributed by atoms with Crippen LogP contribution in [0.2, 0.25) is 5.02 Å². The molecule has 7 nitrogen and oxygen atoms in total. The lowest BCUT2D eigenvalue weighted by Gasteiger charge is -2.18. The number of halogens is 1. The normalized spacial score (nSPS) is 12.3. The lowest BCUT2D eigenvalue weighted by atomic mass is 9.96. The quantitative estimate of drug-likeness (QED) is 0.186. The second-order valence-corrected chi connectivity index (χ2v) is 10.4. The second kappa shape index (κ2) is 12.6. The summed E-state index contributed by atoms with van der Waals surface area (Å²) in [5.41, 5.74) is 3.72. The number of hydrogen-bond donors (Lipinski definition) is 0. The SMILES string of the molecule is CCOc1cc(C=Nn2c(-c3cc(C(C)C)c(OC)cc3C)nc3ccccc3c2=O)cc(Cl)c1O[C@H](C)CC. The van der Waals surface area contributed by atoms with Crippen molar-refractivity contribution in [3.05, 3.63) is 80.6 Å². The van der Waals surface area contributed by atoms with E-state index in [1.807, 2.05) is 64.1 Å². The molecule has 0 unspecified atom stereocenters. The predicted octanol–water partition coefficient (Wildman–Crippen LogP) is 7.62.